The van der Waals surface area contributed by atoms with Crippen molar-refractivity contribution in [2.45, 2.75) is 58.5 Å². The van der Waals surface area contributed by atoms with Crippen LogP contribution < -0.4 is 0 Å². The lowest BCUT2D eigenvalue weighted by molar-refractivity contribution is -0.182. The Morgan fingerprint density at radius 1 is 1.26 bits per heavy atom. The van der Waals surface area contributed by atoms with Crippen molar-refractivity contribution in [1.29, 1.82) is 0 Å². The predicted molar refractivity (Wildman–Crippen MR) is 87.1 cm³/mol. The van der Waals surface area contributed by atoms with Crippen molar-refractivity contribution in [2.24, 2.45) is 11.3 Å². The normalized spacial score (nSPS) is 33.7. The lowest BCUT2D eigenvalue weighted by atomic mass is 9.56. The summed E-state index contributed by atoms with van der Waals surface area (Å²) in [5.74, 6) is -0.466. The first kappa shape index (κ1) is 16.5. The molecule has 0 spiro atoms. The van der Waals surface area contributed by atoms with E-state index in [0.717, 1.165) is 12.8 Å². The minimum atomic E-state index is -0.516. The molecule has 0 N–H and O–H groups in total. The summed E-state index contributed by atoms with van der Waals surface area (Å²) in [6.07, 6.45) is 2.07. The SMILES string of the molecule is C[C@H](OC(=O)c1ccccc1)[C@@H]1CC[C@]1(C)[C@H]1COC(C)(C)O1. The van der Waals surface area contributed by atoms with E-state index in [0.29, 0.717) is 18.1 Å². The number of rotatable bonds is 4. The van der Waals surface area contributed by atoms with Crippen molar-refractivity contribution >= 4 is 5.97 Å². The molecule has 1 aromatic rings. The number of ether oxygens (including phenoxy) is 3. The fourth-order valence-corrected chi connectivity index (χ4v) is 3.84. The molecule has 4 atom stereocenters. The number of carbonyl (C=O) groups excluding carboxylic acids is 1. The van der Waals surface area contributed by atoms with Gasteiger partial charge < -0.3 is 14.2 Å². The summed E-state index contributed by atoms with van der Waals surface area (Å²) in [4.78, 5) is 12.3. The molecule has 0 unspecified atom stereocenters. The van der Waals surface area contributed by atoms with Gasteiger partial charge in [0.1, 0.15) is 6.10 Å². The van der Waals surface area contributed by atoms with Crippen LogP contribution in [0.5, 0.6) is 0 Å². The topological polar surface area (TPSA) is 44.8 Å². The summed E-state index contributed by atoms with van der Waals surface area (Å²) in [6.45, 7) is 8.72. The van der Waals surface area contributed by atoms with E-state index in [1.165, 1.54) is 0 Å². The van der Waals surface area contributed by atoms with Gasteiger partial charge in [0.2, 0.25) is 0 Å². The van der Waals surface area contributed by atoms with E-state index in [9.17, 15) is 4.79 Å². The molecule has 0 bridgehead atoms. The third-order valence-corrected chi connectivity index (χ3v) is 5.45. The van der Waals surface area contributed by atoms with Crippen molar-refractivity contribution in [1.82, 2.24) is 0 Å². The molecule has 1 heterocycles. The third kappa shape index (κ3) is 3.15. The van der Waals surface area contributed by atoms with Gasteiger partial charge in [-0.15, -0.1) is 0 Å². The summed E-state index contributed by atoms with van der Waals surface area (Å²) < 4.78 is 17.5. The molecule has 2 aliphatic rings. The van der Waals surface area contributed by atoms with Crippen molar-refractivity contribution < 1.29 is 19.0 Å². The van der Waals surface area contributed by atoms with Gasteiger partial charge in [-0.3, -0.25) is 0 Å². The Hall–Kier alpha value is -1.39. The molecule has 1 saturated carbocycles. The van der Waals surface area contributed by atoms with Gasteiger partial charge in [0, 0.05) is 11.3 Å². The number of benzene rings is 1. The highest BCUT2D eigenvalue weighted by Gasteiger charge is 2.55. The highest BCUT2D eigenvalue weighted by Crippen LogP contribution is 2.54. The van der Waals surface area contributed by atoms with Gasteiger partial charge in [-0.2, -0.15) is 0 Å². The maximum atomic E-state index is 12.3. The molecule has 23 heavy (non-hydrogen) atoms. The summed E-state index contributed by atoms with van der Waals surface area (Å²) in [7, 11) is 0. The van der Waals surface area contributed by atoms with Crippen molar-refractivity contribution in [3.05, 3.63) is 35.9 Å². The van der Waals surface area contributed by atoms with Crippen LogP contribution in [0.3, 0.4) is 0 Å². The molecule has 0 radical (unpaired) electrons. The van der Waals surface area contributed by atoms with Gasteiger partial charge in [-0.25, -0.2) is 4.79 Å². The zero-order valence-corrected chi connectivity index (χ0v) is 14.4. The molecule has 4 nitrogen and oxygen atoms in total. The van der Waals surface area contributed by atoms with Crippen LogP contribution in [0.4, 0.5) is 0 Å². The molecule has 2 fully saturated rings. The van der Waals surface area contributed by atoms with Crippen LogP contribution >= 0.6 is 0 Å². The molecule has 0 amide bonds. The standard InChI is InChI=1S/C19H26O4/c1-13(22-17(20)14-8-6-5-7-9-14)15-10-11-19(15,4)16-12-21-18(2,3)23-16/h5-9,13,15-16H,10-12H2,1-4H3/t13-,15-,16+,19-/m0/s1. The van der Waals surface area contributed by atoms with Crippen LogP contribution in [0, 0.1) is 11.3 Å². The maximum absolute atomic E-state index is 12.3. The second-order valence-electron chi connectivity index (χ2n) is 7.44. The van der Waals surface area contributed by atoms with E-state index in [-0.39, 0.29) is 23.6 Å². The first-order chi connectivity index (χ1) is 10.8. The van der Waals surface area contributed by atoms with Crippen molar-refractivity contribution in [3.8, 4) is 0 Å². The number of esters is 1. The molecule has 3 rings (SSSR count). The van der Waals surface area contributed by atoms with Crippen molar-refractivity contribution in [3.63, 3.8) is 0 Å². The molecule has 4 heteroatoms. The Kier molecular flexibility index (Phi) is 4.23. The number of hydrogen-bond acceptors (Lipinski definition) is 4. The van der Waals surface area contributed by atoms with Gasteiger partial charge in [0.25, 0.3) is 0 Å². The Balaban J connectivity index is 1.64. The van der Waals surface area contributed by atoms with Gasteiger partial charge in [-0.1, -0.05) is 25.1 Å². The quantitative estimate of drug-likeness (QED) is 0.792. The molecule has 0 aromatic heterocycles. The van der Waals surface area contributed by atoms with E-state index >= 15 is 0 Å². The molecular weight excluding hydrogens is 292 g/mol. The Labute approximate surface area is 138 Å². The second kappa shape index (κ2) is 5.91. The second-order valence-corrected chi connectivity index (χ2v) is 7.44. The van der Waals surface area contributed by atoms with E-state index in [2.05, 4.69) is 6.92 Å². The zero-order chi connectivity index (χ0) is 16.7. The highest BCUT2D eigenvalue weighted by molar-refractivity contribution is 5.89. The Morgan fingerprint density at radius 3 is 2.48 bits per heavy atom. The minimum Gasteiger partial charge on any atom is -0.459 e. The van der Waals surface area contributed by atoms with Gasteiger partial charge in [-0.05, 0) is 45.7 Å². The molecule has 126 valence electrons. The maximum Gasteiger partial charge on any atom is 0.338 e. The van der Waals surface area contributed by atoms with E-state index in [4.69, 9.17) is 14.2 Å². The fraction of sp³-hybridized carbons (Fsp3) is 0.632. The Morgan fingerprint density at radius 2 is 1.96 bits per heavy atom. The van der Waals surface area contributed by atoms with E-state index < -0.39 is 5.79 Å². The summed E-state index contributed by atoms with van der Waals surface area (Å²) in [5, 5.41) is 0. The summed E-state index contributed by atoms with van der Waals surface area (Å²) in [6, 6.07) is 9.15. The van der Waals surface area contributed by atoms with Crippen LogP contribution in [-0.2, 0) is 14.2 Å². The fourth-order valence-electron chi connectivity index (χ4n) is 3.84. The first-order valence-corrected chi connectivity index (χ1v) is 8.40. The van der Waals surface area contributed by atoms with Gasteiger partial charge >= 0.3 is 5.97 Å². The van der Waals surface area contributed by atoms with Crippen LogP contribution in [0.1, 0.15) is 50.9 Å². The molecular formula is C19H26O4. The average Bonchev–Trinajstić information content (AvgIpc) is 2.86. The monoisotopic (exact) mass is 318 g/mol. The zero-order valence-electron chi connectivity index (χ0n) is 14.4. The van der Waals surface area contributed by atoms with Crippen LogP contribution in [0.2, 0.25) is 0 Å². The van der Waals surface area contributed by atoms with Crippen LogP contribution in [0.15, 0.2) is 30.3 Å². The van der Waals surface area contributed by atoms with Gasteiger partial charge in [0.05, 0.1) is 18.3 Å². The van der Waals surface area contributed by atoms with E-state index in [1.54, 1.807) is 12.1 Å². The Bertz CT molecular complexity index is 568. The smallest absolute Gasteiger partial charge is 0.338 e. The summed E-state index contributed by atoms with van der Waals surface area (Å²) >= 11 is 0. The molecule has 1 aliphatic carbocycles. The highest BCUT2D eigenvalue weighted by atomic mass is 16.7. The molecule has 1 saturated heterocycles. The third-order valence-electron chi connectivity index (χ3n) is 5.45. The lowest BCUT2D eigenvalue weighted by Gasteiger charge is -2.52. The minimum absolute atomic E-state index is 0.00412. The molecule has 1 aromatic carbocycles. The largest absolute Gasteiger partial charge is 0.459 e. The van der Waals surface area contributed by atoms with E-state index in [1.807, 2.05) is 39.0 Å². The summed E-state index contributed by atoms with van der Waals surface area (Å²) in [5.41, 5.74) is 0.603. The van der Waals surface area contributed by atoms with Crippen molar-refractivity contribution in [2.75, 3.05) is 6.61 Å². The lowest BCUT2D eigenvalue weighted by Crippen LogP contribution is -2.53. The average molecular weight is 318 g/mol. The number of hydrogen-bond donors (Lipinski definition) is 0. The van der Waals surface area contributed by atoms with Gasteiger partial charge in [0.15, 0.2) is 5.79 Å². The van der Waals surface area contributed by atoms with Crippen LogP contribution in [0.25, 0.3) is 0 Å². The molecule has 1 aliphatic heterocycles. The predicted octanol–water partition coefficient (Wildman–Crippen LogP) is 3.80. The first-order valence-electron chi connectivity index (χ1n) is 8.40. The van der Waals surface area contributed by atoms with Crippen LogP contribution in [-0.4, -0.2) is 30.6 Å². The number of carbonyl (C=O) groups is 1.